The Morgan fingerprint density at radius 3 is 2.10 bits per heavy atom. The van der Waals surface area contributed by atoms with E-state index in [1.54, 1.807) is 20.4 Å². The summed E-state index contributed by atoms with van der Waals surface area (Å²) in [5.74, 6) is 3.25. The van der Waals surface area contributed by atoms with Crippen LogP contribution in [0.2, 0.25) is 0 Å². The second-order valence-electron chi connectivity index (χ2n) is 10.5. The van der Waals surface area contributed by atoms with Crippen molar-refractivity contribution >= 4 is 22.9 Å². The lowest BCUT2D eigenvalue weighted by atomic mass is 9.81. The Bertz CT molecular complexity index is 1790. The first-order valence-electron chi connectivity index (χ1n) is 14.1. The maximum Gasteiger partial charge on any atom is 0.178 e. The highest BCUT2D eigenvalue weighted by Gasteiger charge is 2.39. The van der Waals surface area contributed by atoms with Gasteiger partial charge in [-0.05, 0) is 88.5 Å². The number of hydrogen-bond acceptors (Lipinski definition) is 5. The van der Waals surface area contributed by atoms with E-state index in [0.717, 1.165) is 73.6 Å². The molecule has 2 aliphatic heterocycles. The molecule has 0 unspecified atom stereocenters. The Labute approximate surface area is 245 Å². The van der Waals surface area contributed by atoms with Gasteiger partial charge in [-0.1, -0.05) is 54.6 Å². The van der Waals surface area contributed by atoms with Gasteiger partial charge in [0, 0.05) is 28.5 Å². The maximum atomic E-state index is 7.29. The zero-order valence-electron chi connectivity index (χ0n) is 23.6. The van der Waals surface area contributed by atoms with Crippen molar-refractivity contribution in [3.63, 3.8) is 0 Å². The first-order chi connectivity index (χ1) is 20.6. The zero-order valence-corrected chi connectivity index (χ0v) is 23.6. The van der Waals surface area contributed by atoms with Crippen molar-refractivity contribution in [3.8, 4) is 34.1 Å². The molecule has 0 atom stereocenters. The van der Waals surface area contributed by atoms with Crippen LogP contribution in [-0.4, -0.2) is 20.8 Å². The Morgan fingerprint density at radius 1 is 0.810 bits per heavy atom. The predicted molar refractivity (Wildman–Crippen MR) is 168 cm³/mol. The highest BCUT2D eigenvalue weighted by atomic mass is 16.5. The van der Waals surface area contributed by atoms with E-state index in [-0.39, 0.29) is 0 Å². The fraction of sp³-hybridized carbons (Fsp3) is 0.135. The monoisotopic (exact) mass is 553 g/mol. The van der Waals surface area contributed by atoms with Gasteiger partial charge in [-0.25, -0.2) is 0 Å². The highest BCUT2D eigenvalue weighted by molar-refractivity contribution is 6.08. The summed E-state index contributed by atoms with van der Waals surface area (Å²) in [6, 6.07) is 31.0. The van der Waals surface area contributed by atoms with Crippen LogP contribution in [0, 0.1) is 0 Å². The Hall–Kier alpha value is -5.16. The van der Waals surface area contributed by atoms with Gasteiger partial charge in [0.15, 0.2) is 5.60 Å². The largest absolute Gasteiger partial charge is 0.497 e. The fourth-order valence-corrected chi connectivity index (χ4v) is 6.18. The van der Waals surface area contributed by atoms with Gasteiger partial charge in [0.05, 0.1) is 20.8 Å². The quantitative estimate of drug-likeness (QED) is 0.233. The molecule has 42 heavy (non-hydrogen) atoms. The van der Waals surface area contributed by atoms with Crippen LogP contribution in [0.1, 0.15) is 27.8 Å². The van der Waals surface area contributed by atoms with Gasteiger partial charge < -0.3 is 24.7 Å². The minimum atomic E-state index is -0.906. The zero-order chi connectivity index (χ0) is 28.7. The summed E-state index contributed by atoms with van der Waals surface area (Å²) in [7, 11) is 3.34. The average molecular weight is 554 g/mol. The fourth-order valence-electron chi connectivity index (χ4n) is 6.18. The van der Waals surface area contributed by atoms with Crippen molar-refractivity contribution < 1.29 is 18.9 Å². The third kappa shape index (κ3) is 4.08. The van der Waals surface area contributed by atoms with E-state index in [0.29, 0.717) is 6.61 Å². The molecular formula is C37H31NO4. The number of hydrogen-bond donors (Lipinski definition) is 1. The highest BCUT2D eigenvalue weighted by Crippen LogP contribution is 2.51. The van der Waals surface area contributed by atoms with Crippen LogP contribution < -0.4 is 24.7 Å². The summed E-state index contributed by atoms with van der Waals surface area (Å²) in [5.41, 5.74) is 12.5. The molecule has 7 rings (SSSR count). The van der Waals surface area contributed by atoms with E-state index >= 15 is 0 Å². The van der Waals surface area contributed by atoms with Crippen LogP contribution in [0.15, 0.2) is 103 Å². The molecule has 5 aromatic carbocycles. The second-order valence-corrected chi connectivity index (χ2v) is 10.5. The summed E-state index contributed by atoms with van der Waals surface area (Å²) in [6.07, 6.45) is 8.76. The maximum absolute atomic E-state index is 7.29. The molecular weight excluding hydrogens is 522 g/mol. The topological polar surface area (TPSA) is 62.9 Å². The molecule has 0 saturated carbocycles. The molecule has 0 fully saturated rings. The molecule has 0 spiro atoms. The first-order valence-corrected chi connectivity index (χ1v) is 14.1. The van der Waals surface area contributed by atoms with Crippen LogP contribution in [0.5, 0.6) is 23.0 Å². The van der Waals surface area contributed by atoms with Crippen molar-refractivity contribution in [2.24, 2.45) is 5.73 Å². The predicted octanol–water partition coefficient (Wildman–Crippen LogP) is 7.74. The number of methoxy groups -OCH3 is 2. The van der Waals surface area contributed by atoms with Crippen LogP contribution in [0.4, 0.5) is 0 Å². The Balaban J connectivity index is 1.54. The molecule has 5 aromatic rings. The van der Waals surface area contributed by atoms with Crippen molar-refractivity contribution in [2.45, 2.75) is 12.0 Å². The normalized spacial score (nSPS) is 14.7. The molecule has 2 aliphatic rings. The van der Waals surface area contributed by atoms with E-state index in [9.17, 15) is 0 Å². The number of fused-ring (bicyclic) bond motifs is 4. The molecule has 0 aromatic heterocycles. The second kappa shape index (κ2) is 10.3. The number of ether oxygens (including phenoxy) is 4. The standard InChI is InChI=1S/C37H31NO4/c1-39-28-12-8-26(9-13-28)37(27-10-14-29(40-2)15-11-27)19-16-31-30(17-20-38)35(24-6-4-3-5-7-24)32-22-25-18-21-41-34(25)23-33(32)36(31)42-37/h3-17,19-20,22-23H,18,21,38H2,1-2H3/b20-17+. The first kappa shape index (κ1) is 25.8. The van der Waals surface area contributed by atoms with Crippen molar-refractivity contribution in [1.29, 1.82) is 0 Å². The molecule has 0 bridgehead atoms. The molecule has 0 saturated heterocycles. The van der Waals surface area contributed by atoms with E-state index in [4.69, 9.17) is 24.7 Å². The molecule has 5 nitrogen and oxygen atoms in total. The van der Waals surface area contributed by atoms with Gasteiger partial charge >= 0.3 is 0 Å². The van der Waals surface area contributed by atoms with E-state index in [1.807, 2.05) is 36.4 Å². The van der Waals surface area contributed by atoms with Crippen LogP contribution >= 0.6 is 0 Å². The average Bonchev–Trinajstić information content (AvgIpc) is 3.52. The van der Waals surface area contributed by atoms with Crippen LogP contribution in [0.3, 0.4) is 0 Å². The summed E-state index contributed by atoms with van der Waals surface area (Å²) in [5, 5.41) is 2.10. The lowest BCUT2D eigenvalue weighted by molar-refractivity contribution is 0.163. The molecule has 0 radical (unpaired) electrons. The van der Waals surface area contributed by atoms with Gasteiger partial charge in [0.25, 0.3) is 0 Å². The lowest BCUT2D eigenvalue weighted by Crippen LogP contribution is -2.34. The molecule has 2 heterocycles. The Kier molecular flexibility index (Phi) is 6.35. The molecule has 2 N–H and O–H groups in total. The summed E-state index contributed by atoms with van der Waals surface area (Å²) >= 11 is 0. The van der Waals surface area contributed by atoms with Crippen LogP contribution in [-0.2, 0) is 12.0 Å². The summed E-state index contributed by atoms with van der Waals surface area (Å²) < 4.78 is 24.3. The minimum absolute atomic E-state index is 0.673. The van der Waals surface area contributed by atoms with Crippen molar-refractivity contribution in [2.75, 3.05) is 20.8 Å². The van der Waals surface area contributed by atoms with Gasteiger partial charge in [-0.15, -0.1) is 0 Å². The van der Waals surface area contributed by atoms with Crippen LogP contribution in [0.25, 0.3) is 34.1 Å². The van der Waals surface area contributed by atoms with E-state index < -0.39 is 5.60 Å². The molecule has 208 valence electrons. The summed E-state index contributed by atoms with van der Waals surface area (Å²) in [4.78, 5) is 0. The van der Waals surface area contributed by atoms with Gasteiger partial charge in [0.2, 0.25) is 0 Å². The van der Waals surface area contributed by atoms with E-state index in [1.165, 1.54) is 5.56 Å². The molecule has 0 amide bonds. The molecule has 5 heteroatoms. The lowest BCUT2D eigenvalue weighted by Gasteiger charge is -2.37. The number of rotatable bonds is 6. The SMILES string of the molecule is COc1ccc(C2(c3ccc(OC)cc3)C=Cc3c(/C=C/N)c(-c4ccccc4)c4cc5c(cc4c3O2)OCC5)cc1. The minimum Gasteiger partial charge on any atom is -0.497 e. The summed E-state index contributed by atoms with van der Waals surface area (Å²) in [6.45, 7) is 0.673. The van der Waals surface area contributed by atoms with Gasteiger partial charge in [0.1, 0.15) is 23.0 Å². The third-order valence-corrected chi connectivity index (χ3v) is 8.26. The number of benzene rings is 5. The molecule has 0 aliphatic carbocycles. The van der Waals surface area contributed by atoms with E-state index in [2.05, 4.69) is 72.8 Å². The van der Waals surface area contributed by atoms with Gasteiger partial charge in [-0.2, -0.15) is 0 Å². The number of nitrogens with two attached hydrogens (primary N) is 1. The van der Waals surface area contributed by atoms with Crippen molar-refractivity contribution in [1.82, 2.24) is 0 Å². The smallest absolute Gasteiger partial charge is 0.178 e. The third-order valence-electron chi connectivity index (χ3n) is 8.26. The van der Waals surface area contributed by atoms with Crippen molar-refractivity contribution in [3.05, 3.63) is 131 Å². The van der Waals surface area contributed by atoms with Gasteiger partial charge in [-0.3, -0.25) is 0 Å². The Morgan fingerprint density at radius 2 is 1.48 bits per heavy atom.